The van der Waals surface area contributed by atoms with E-state index in [1.54, 1.807) is 0 Å². The van der Waals surface area contributed by atoms with E-state index in [1.165, 1.54) is 19.6 Å². The molecule has 3 heterocycles. The first-order valence-corrected chi connectivity index (χ1v) is 9.80. The predicted molar refractivity (Wildman–Crippen MR) is 101 cm³/mol. The molecule has 0 spiro atoms. The minimum Gasteiger partial charge on any atom is -0.465 e. The number of carbonyl (C=O) groups is 1. The van der Waals surface area contributed by atoms with E-state index >= 15 is 0 Å². The Morgan fingerprint density at radius 2 is 1.89 bits per heavy atom. The number of aliphatic hydroxyl groups is 1. The highest BCUT2D eigenvalue weighted by Crippen LogP contribution is 2.40. The van der Waals surface area contributed by atoms with Gasteiger partial charge >= 0.3 is 5.97 Å². The predicted octanol–water partition coefficient (Wildman–Crippen LogP) is 0.0863. The molecule has 1 aliphatic carbocycles. The lowest BCUT2D eigenvalue weighted by Gasteiger charge is -2.44. The van der Waals surface area contributed by atoms with E-state index in [0.29, 0.717) is 23.2 Å². The molecule has 1 N–H and O–H groups in total. The summed E-state index contributed by atoms with van der Waals surface area (Å²) < 4.78 is 4.88. The van der Waals surface area contributed by atoms with Crippen LogP contribution in [0.4, 0.5) is 5.82 Å². The average molecular weight is 375 g/mol. The number of nitrogens with zero attached hydrogens (tertiary/aromatic N) is 5. The van der Waals surface area contributed by atoms with E-state index in [0.717, 1.165) is 52.1 Å². The zero-order valence-electron chi connectivity index (χ0n) is 16.1. The van der Waals surface area contributed by atoms with Crippen LogP contribution >= 0.6 is 0 Å². The molecule has 0 aromatic carbocycles. The van der Waals surface area contributed by atoms with Crippen molar-refractivity contribution in [2.75, 3.05) is 58.3 Å². The Labute approximate surface area is 160 Å². The number of likely N-dealkylation sites (N-methyl/N-ethyl adjacent to an activating group) is 1. The summed E-state index contributed by atoms with van der Waals surface area (Å²) >= 11 is 0. The number of rotatable bonds is 3. The molecular formula is C19H29N5O3. The smallest absolute Gasteiger partial charge is 0.343 e. The molecule has 1 saturated carbocycles. The molecule has 0 radical (unpaired) electrons. The lowest BCUT2D eigenvalue weighted by molar-refractivity contribution is -0.0249. The fraction of sp³-hybridized carbons (Fsp3) is 0.737. The van der Waals surface area contributed by atoms with Crippen LogP contribution in [0.5, 0.6) is 0 Å². The highest BCUT2D eigenvalue weighted by atomic mass is 16.5. The second-order valence-corrected chi connectivity index (χ2v) is 8.12. The van der Waals surface area contributed by atoms with E-state index in [4.69, 9.17) is 4.74 Å². The Hall–Kier alpha value is -1.77. The van der Waals surface area contributed by atoms with Crippen LogP contribution in [0, 0.1) is 11.8 Å². The Morgan fingerprint density at radius 3 is 2.59 bits per heavy atom. The lowest BCUT2D eigenvalue weighted by atomic mass is 9.77. The van der Waals surface area contributed by atoms with Gasteiger partial charge in [-0.3, -0.25) is 4.90 Å². The van der Waals surface area contributed by atoms with Crippen molar-refractivity contribution in [3.8, 4) is 0 Å². The van der Waals surface area contributed by atoms with E-state index in [-0.39, 0.29) is 12.1 Å². The molecule has 0 unspecified atom stereocenters. The van der Waals surface area contributed by atoms with Gasteiger partial charge in [0.05, 0.1) is 13.2 Å². The van der Waals surface area contributed by atoms with Gasteiger partial charge in [-0.15, -0.1) is 0 Å². The van der Waals surface area contributed by atoms with Crippen molar-refractivity contribution in [1.29, 1.82) is 0 Å². The summed E-state index contributed by atoms with van der Waals surface area (Å²) in [6.07, 6.45) is 4.55. The summed E-state index contributed by atoms with van der Waals surface area (Å²) in [5, 5.41) is 10.8. The number of hydrogen-bond donors (Lipinski definition) is 1. The monoisotopic (exact) mass is 375 g/mol. The fourth-order valence-electron chi connectivity index (χ4n) is 4.96. The topological polar surface area (TPSA) is 82.0 Å². The van der Waals surface area contributed by atoms with Gasteiger partial charge < -0.3 is 19.6 Å². The van der Waals surface area contributed by atoms with E-state index < -0.39 is 5.97 Å². The third-order valence-corrected chi connectivity index (χ3v) is 6.51. The van der Waals surface area contributed by atoms with Crippen molar-refractivity contribution < 1.29 is 14.6 Å². The number of hydrogen-bond acceptors (Lipinski definition) is 8. The van der Waals surface area contributed by atoms with Crippen LogP contribution in [0.1, 0.15) is 23.2 Å². The molecule has 8 nitrogen and oxygen atoms in total. The van der Waals surface area contributed by atoms with Crippen LogP contribution in [0.15, 0.2) is 12.5 Å². The maximum Gasteiger partial charge on any atom is 0.343 e. The number of esters is 1. The van der Waals surface area contributed by atoms with Crippen LogP contribution in [0.25, 0.3) is 0 Å². The Morgan fingerprint density at radius 1 is 1.19 bits per heavy atom. The fourth-order valence-corrected chi connectivity index (χ4v) is 4.96. The quantitative estimate of drug-likeness (QED) is 0.745. The molecule has 3 fully saturated rings. The number of fused-ring (bicyclic) bond motifs is 1. The lowest BCUT2D eigenvalue weighted by Crippen LogP contribution is -2.55. The highest BCUT2D eigenvalue weighted by molar-refractivity contribution is 5.94. The summed E-state index contributed by atoms with van der Waals surface area (Å²) in [6.45, 7) is 5.86. The van der Waals surface area contributed by atoms with Gasteiger partial charge in [0.25, 0.3) is 0 Å². The largest absolute Gasteiger partial charge is 0.465 e. The van der Waals surface area contributed by atoms with Crippen molar-refractivity contribution >= 4 is 11.8 Å². The van der Waals surface area contributed by atoms with Crippen LogP contribution in [-0.2, 0) is 4.74 Å². The minimum absolute atomic E-state index is 0.241. The van der Waals surface area contributed by atoms with Gasteiger partial charge in [-0.25, -0.2) is 14.8 Å². The summed E-state index contributed by atoms with van der Waals surface area (Å²) in [6, 6.07) is 0.241. The zero-order valence-corrected chi connectivity index (χ0v) is 16.1. The van der Waals surface area contributed by atoms with Gasteiger partial charge in [-0.1, -0.05) is 0 Å². The Bertz CT molecular complexity index is 679. The second kappa shape index (κ2) is 7.69. The normalized spacial score (nSPS) is 32.3. The third-order valence-electron chi connectivity index (χ3n) is 6.51. The number of aromatic nitrogens is 2. The Balaban J connectivity index is 1.47. The summed E-state index contributed by atoms with van der Waals surface area (Å²) in [4.78, 5) is 27.4. The molecule has 4 rings (SSSR count). The van der Waals surface area contributed by atoms with Crippen LogP contribution in [0.3, 0.4) is 0 Å². The molecule has 4 atom stereocenters. The molecule has 27 heavy (non-hydrogen) atoms. The van der Waals surface area contributed by atoms with Crippen molar-refractivity contribution in [1.82, 2.24) is 19.8 Å². The van der Waals surface area contributed by atoms with Crippen molar-refractivity contribution in [3.63, 3.8) is 0 Å². The van der Waals surface area contributed by atoms with Crippen molar-refractivity contribution in [3.05, 3.63) is 18.1 Å². The maximum absolute atomic E-state index is 12.1. The number of anilines is 1. The number of ether oxygens (including phenoxy) is 1. The average Bonchev–Trinajstić information content (AvgIpc) is 3.10. The first-order chi connectivity index (χ1) is 13.1. The number of aliphatic hydroxyl groups excluding tert-OH is 1. The van der Waals surface area contributed by atoms with E-state index in [1.807, 2.05) is 0 Å². The van der Waals surface area contributed by atoms with Crippen LogP contribution in [0.2, 0.25) is 0 Å². The SMILES string of the molecule is COC(=O)c1cncnc1N1C[C@H]2C[C@@H](N3CCN(C)CC3)[C@H](O)C[C@H]2C1. The Kier molecular flexibility index (Phi) is 5.29. The third kappa shape index (κ3) is 3.66. The molecule has 1 aromatic heterocycles. The molecule has 0 amide bonds. The van der Waals surface area contributed by atoms with Gasteiger partial charge in [0.1, 0.15) is 17.7 Å². The minimum atomic E-state index is -0.407. The molecular weight excluding hydrogens is 346 g/mol. The molecule has 148 valence electrons. The summed E-state index contributed by atoms with van der Waals surface area (Å²) in [7, 11) is 3.53. The standard InChI is InChI=1S/C19H29N5O3/c1-22-3-5-23(6-4-22)16-7-13-10-24(11-14(13)8-17(16)25)18-15(19(26)27-2)9-20-12-21-18/h9,12-14,16-17,25H,3-8,10-11H2,1-2H3/t13-,14+,16-,17-/m1/s1. The van der Waals surface area contributed by atoms with Gasteiger partial charge in [0.15, 0.2) is 0 Å². The van der Waals surface area contributed by atoms with Crippen LogP contribution < -0.4 is 4.90 Å². The first-order valence-electron chi connectivity index (χ1n) is 9.80. The molecule has 3 aliphatic rings. The van der Waals surface area contributed by atoms with Gasteiger partial charge in [0, 0.05) is 51.5 Å². The maximum atomic E-state index is 12.1. The summed E-state index contributed by atoms with van der Waals surface area (Å²) in [5.74, 6) is 1.19. The van der Waals surface area contributed by atoms with Gasteiger partial charge in [0.2, 0.25) is 0 Å². The highest BCUT2D eigenvalue weighted by Gasteiger charge is 2.44. The van der Waals surface area contributed by atoms with Crippen molar-refractivity contribution in [2.45, 2.75) is 25.0 Å². The zero-order chi connectivity index (χ0) is 19.0. The van der Waals surface area contributed by atoms with E-state index in [2.05, 4.69) is 31.7 Å². The van der Waals surface area contributed by atoms with Gasteiger partial charge in [-0.05, 0) is 31.7 Å². The van der Waals surface area contributed by atoms with Crippen LogP contribution in [-0.4, -0.2) is 96.4 Å². The molecule has 0 bridgehead atoms. The van der Waals surface area contributed by atoms with Gasteiger partial charge in [-0.2, -0.15) is 0 Å². The number of carbonyl (C=O) groups excluding carboxylic acids is 1. The summed E-state index contributed by atoms with van der Waals surface area (Å²) in [5.41, 5.74) is 0.412. The number of piperazine rings is 1. The molecule has 1 aromatic rings. The molecule has 8 heteroatoms. The molecule has 2 saturated heterocycles. The number of methoxy groups -OCH3 is 1. The first kappa shape index (κ1) is 18.6. The second-order valence-electron chi connectivity index (χ2n) is 8.12. The van der Waals surface area contributed by atoms with E-state index in [9.17, 15) is 9.90 Å². The molecule has 2 aliphatic heterocycles. The van der Waals surface area contributed by atoms with Crippen molar-refractivity contribution in [2.24, 2.45) is 11.8 Å².